The number of nitrogens with zero attached hydrogens (tertiary/aromatic N) is 2. The van der Waals surface area contributed by atoms with Gasteiger partial charge in [-0.1, -0.05) is 27.3 Å². The number of nitrogens with one attached hydrogen (secondary N) is 1. The molecule has 5 heteroatoms. The minimum Gasteiger partial charge on any atom is -0.330 e. The highest BCUT2D eigenvalue weighted by atomic mass is 79.9. The molecule has 17 heavy (non-hydrogen) atoms. The molecule has 1 N–H and O–H groups in total. The summed E-state index contributed by atoms with van der Waals surface area (Å²) in [6.45, 7) is 0. The molecule has 0 atom stereocenters. The van der Waals surface area contributed by atoms with E-state index >= 15 is 0 Å². The molecule has 3 nitrogen and oxygen atoms in total. The summed E-state index contributed by atoms with van der Waals surface area (Å²) in [7, 11) is 0. The van der Waals surface area contributed by atoms with E-state index in [-0.39, 0.29) is 0 Å². The lowest BCUT2D eigenvalue weighted by Crippen LogP contribution is -1.88. The predicted octanol–water partition coefficient (Wildman–Crippen LogP) is 4.20. The molecule has 3 aromatic rings. The number of fused-ring (bicyclic) bond motifs is 1. The summed E-state index contributed by atoms with van der Waals surface area (Å²) in [5.41, 5.74) is 1.95. The lowest BCUT2D eigenvalue weighted by atomic mass is 10.3. The summed E-state index contributed by atoms with van der Waals surface area (Å²) in [5.74, 6) is 0. The molecule has 0 aliphatic carbocycles. The Morgan fingerprint density at radius 1 is 1.24 bits per heavy atom. The molecule has 0 bridgehead atoms. The van der Waals surface area contributed by atoms with Crippen molar-refractivity contribution in [3.63, 3.8) is 0 Å². The Hall–Kier alpha value is -1.46. The lowest BCUT2D eigenvalue weighted by Gasteiger charge is -1.99. The van der Waals surface area contributed by atoms with Crippen LogP contribution in [0.3, 0.4) is 0 Å². The van der Waals surface area contributed by atoms with Crippen LogP contribution >= 0.6 is 27.3 Å². The van der Waals surface area contributed by atoms with Gasteiger partial charge in [0, 0.05) is 10.7 Å². The van der Waals surface area contributed by atoms with E-state index in [0.717, 1.165) is 25.5 Å². The Kier molecular flexibility index (Phi) is 2.78. The standard InChI is InChI=1S/C12H8BrN3S/c13-8-3-4-10-11(6-8)17-12(16-10)15-9-2-1-5-14-7-9/h1-7H,(H,15,16). The van der Waals surface area contributed by atoms with Crippen molar-refractivity contribution in [3.8, 4) is 0 Å². The third kappa shape index (κ3) is 2.30. The zero-order valence-electron chi connectivity index (χ0n) is 8.72. The van der Waals surface area contributed by atoms with Crippen molar-refractivity contribution in [3.05, 3.63) is 47.2 Å². The molecule has 0 unspecified atom stereocenters. The van der Waals surface area contributed by atoms with Crippen LogP contribution in [0.4, 0.5) is 10.8 Å². The monoisotopic (exact) mass is 305 g/mol. The van der Waals surface area contributed by atoms with Gasteiger partial charge in [0.1, 0.15) is 0 Å². The van der Waals surface area contributed by atoms with Gasteiger partial charge in [0.05, 0.1) is 22.1 Å². The number of pyridine rings is 1. The van der Waals surface area contributed by atoms with Gasteiger partial charge in [0.15, 0.2) is 5.13 Å². The average molecular weight is 306 g/mol. The van der Waals surface area contributed by atoms with Crippen LogP contribution in [0.25, 0.3) is 10.2 Å². The van der Waals surface area contributed by atoms with Crippen LogP contribution in [0.1, 0.15) is 0 Å². The minimum absolute atomic E-state index is 0.881. The number of halogens is 1. The molecule has 0 aliphatic rings. The second-order valence-corrected chi connectivity index (χ2v) is 5.44. The van der Waals surface area contributed by atoms with Crippen LogP contribution in [-0.4, -0.2) is 9.97 Å². The first kappa shape index (κ1) is 10.7. The van der Waals surface area contributed by atoms with Gasteiger partial charge >= 0.3 is 0 Å². The third-order valence-electron chi connectivity index (χ3n) is 2.26. The molecule has 0 amide bonds. The van der Waals surface area contributed by atoms with Gasteiger partial charge in [-0.2, -0.15) is 0 Å². The lowest BCUT2D eigenvalue weighted by molar-refractivity contribution is 1.32. The summed E-state index contributed by atoms with van der Waals surface area (Å²) >= 11 is 5.08. The van der Waals surface area contributed by atoms with Crippen LogP contribution in [0.5, 0.6) is 0 Å². The number of rotatable bonds is 2. The van der Waals surface area contributed by atoms with Crippen molar-refractivity contribution in [1.29, 1.82) is 0 Å². The van der Waals surface area contributed by atoms with E-state index in [0.29, 0.717) is 0 Å². The van der Waals surface area contributed by atoms with Gasteiger partial charge in [0.25, 0.3) is 0 Å². The molecule has 0 aliphatic heterocycles. The Labute approximate surface area is 111 Å². The Morgan fingerprint density at radius 3 is 3.00 bits per heavy atom. The molecule has 2 aromatic heterocycles. The van der Waals surface area contributed by atoms with Gasteiger partial charge in [0.2, 0.25) is 0 Å². The van der Waals surface area contributed by atoms with Crippen LogP contribution in [0.15, 0.2) is 47.2 Å². The molecule has 0 spiro atoms. The van der Waals surface area contributed by atoms with Crippen LogP contribution in [0, 0.1) is 0 Å². The first-order valence-corrected chi connectivity index (χ1v) is 6.65. The highest BCUT2D eigenvalue weighted by molar-refractivity contribution is 9.10. The smallest absolute Gasteiger partial charge is 0.188 e. The van der Waals surface area contributed by atoms with Crippen molar-refractivity contribution in [1.82, 2.24) is 9.97 Å². The maximum atomic E-state index is 4.51. The van der Waals surface area contributed by atoms with Gasteiger partial charge in [-0.05, 0) is 30.3 Å². The van der Waals surface area contributed by atoms with E-state index in [1.54, 1.807) is 23.7 Å². The fourth-order valence-corrected chi connectivity index (χ4v) is 2.95. The van der Waals surface area contributed by atoms with Crippen molar-refractivity contribution in [2.45, 2.75) is 0 Å². The molecule has 0 fully saturated rings. The molecular weight excluding hydrogens is 298 g/mol. The SMILES string of the molecule is Brc1ccc2nc(Nc3cccnc3)sc2c1. The van der Waals surface area contributed by atoms with Gasteiger partial charge in [-0.25, -0.2) is 4.98 Å². The third-order valence-corrected chi connectivity index (χ3v) is 3.69. The first-order valence-electron chi connectivity index (χ1n) is 5.04. The zero-order valence-corrected chi connectivity index (χ0v) is 11.1. The van der Waals surface area contributed by atoms with E-state index in [1.165, 1.54) is 0 Å². The zero-order chi connectivity index (χ0) is 11.7. The normalized spacial score (nSPS) is 10.6. The summed E-state index contributed by atoms with van der Waals surface area (Å²) in [6.07, 6.45) is 3.53. The predicted molar refractivity (Wildman–Crippen MR) is 74.8 cm³/mol. The number of aromatic nitrogens is 2. The summed E-state index contributed by atoms with van der Waals surface area (Å²) in [6, 6.07) is 9.93. The fraction of sp³-hybridized carbons (Fsp3) is 0. The van der Waals surface area contributed by atoms with E-state index in [9.17, 15) is 0 Å². The minimum atomic E-state index is 0.881. The van der Waals surface area contributed by atoms with Crippen molar-refractivity contribution >= 4 is 48.3 Å². The second-order valence-electron chi connectivity index (χ2n) is 3.50. The Morgan fingerprint density at radius 2 is 2.18 bits per heavy atom. The Bertz CT molecular complexity index is 651. The van der Waals surface area contributed by atoms with Gasteiger partial charge < -0.3 is 5.32 Å². The number of thiazole rings is 1. The van der Waals surface area contributed by atoms with Crippen LogP contribution in [0.2, 0.25) is 0 Å². The molecule has 84 valence electrons. The molecule has 2 heterocycles. The topological polar surface area (TPSA) is 37.8 Å². The molecule has 3 rings (SSSR count). The van der Waals surface area contributed by atoms with Crippen molar-refractivity contribution in [2.24, 2.45) is 0 Å². The van der Waals surface area contributed by atoms with Gasteiger partial charge in [-0.15, -0.1) is 0 Å². The van der Waals surface area contributed by atoms with Crippen LogP contribution in [-0.2, 0) is 0 Å². The number of benzene rings is 1. The first-order chi connectivity index (χ1) is 8.31. The highest BCUT2D eigenvalue weighted by Gasteiger charge is 2.04. The van der Waals surface area contributed by atoms with Crippen LogP contribution < -0.4 is 5.32 Å². The summed E-state index contributed by atoms with van der Waals surface area (Å²) in [4.78, 5) is 8.56. The number of hydrogen-bond acceptors (Lipinski definition) is 4. The van der Waals surface area contributed by atoms with E-state index < -0.39 is 0 Å². The molecule has 0 saturated carbocycles. The molecular formula is C12H8BrN3S. The van der Waals surface area contributed by atoms with E-state index in [1.807, 2.05) is 24.3 Å². The number of anilines is 2. The van der Waals surface area contributed by atoms with Crippen molar-refractivity contribution in [2.75, 3.05) is 5.32 Å². The largest absolute Gasteiger partial charge is 0.330 e. The summed E-state index contributed by atoms with van der Waals surface area (Å²) < 4.78 is 2.23. The maximum absolute atomic E-state index is 4.51. The molecule has 0 radical (unpaired) electrons. The molecule has 0 saturated heterocycles. The maximum Gasteiger partial charge on any atom is 0.188 e. The second kappa shape index (κ2) is 4.43. The van der Waals surface area contributed by atoms with Crippen molar-refractivity contribution < 1.29 is 0 Å². The highest BCUT2D eigenvalue weighted by Crippen LogP contribution is 2.29. The van der Waals surface area contributed by atoms with E-state index in [4.69, 9.17) is 0 Å². The summed E-state index contributed by atoms with van der Waals surface area (Å²) in [5, 5.41) is 4.12. The van der Waals surface area contributed by atoms with E-state index in [2.05, 4.69) is 37.3 Å². The quantitative estimate of drug-likeness (QED) is 0.771. The van der Waals surface area contributed by atoms with Gasteiger partial charge in [-0.3, -0.25) is 4.98 Å². The average Bonchev–Trinajstić information content (AvgIpc) is 2.71. The number of hydrogen-bond donors (Lipinski definition) is 1. The Balaban J connectivity index is 1.96. The fourth-order valence-electron chi connectivity index (χ4n) is 1.51. The molecule has 1 aromatic carbocycles.